The first-order chi connectivity index (χ1) is 10.0. The first kappa shape index (κ1) is 14.9. The highest BCUT2D eigenvalue weighted by atomic mass is 79.9. The molecule has 6 nitrogen and oxygen atoms in total. The van der Waals surface area contributed by atoms with Crippen molar-refractivity contribution in [2.75, 3.05) is 5.32 Å². The number of nitriles is 1. The first-order valence-corrected chi connectivity index (χ1v) is 6.53. The third-order valence-corrected chi connectivity index (χ3v) is 3.17. The van der Waals surface area contributed by atoms with Gasteiger partial charge in [-0.3, -0.25) is 10.1 Å². The van der Waals surface area contributed by atoms with Gasteiger partial charge in [-0.2, -0.15) is 5.26 Å². The molecule has 0 atom stereocenters. The topological polar surface area (TPSA) is 91.8 Å². The lowest BCUT2D eigenvalue weighted by Crippen LogP contribution is -2.07. The minimum Gasteiger partial charge on any atom is -0.360 e. The molecule has 8 heteroatoms. The van der Waals surface area contributed by atoms with E-state index in [1.165, 1.54) is 18.3 Å². The number of rotatable bonds is 4. The lowest BCUT2D eigenvalue weighted by Gasteiger charge is -2.08. The Balaban J connectivity index is 2.31. The van der Waals surface area contributed by atoms with Gasteiger partial charge in [0, 0.05) is 22.8 Å². The molecule has 2 aromatic rings. The molecule has 0 saturated heterocycles. The number of aromatic nitrogens is 1. The Kier molecular flexibility index (Phi) is 4.45. The predicted octanol–water partition coefficient (Wildman–Crippen LogP) is 3.38. The summed E-state index contributed by atoms with van der Waals surface area (Å²) in [5.74, 6) is -0.511. The summed E-state index contributed by atoms with van der Waals surface area (Å²) in [7, 11) is 0. The number of nitrogens with zero attached hydrogens (tertiary/aromatic N) is 3. The average Bonchev–Trinajstić information content (AvgIpc) is 2.47. The quantitative estimate of drug-likeness (QED) is 0.674. The third-order valence-electron chi connectivity index (χ3n) is 2.68. The van der Waals surface area contributed by atoms with E-state index in [-0.39, 0.29) is 17.9 Å². The van der Waals surface area contributed by atoms with E-state index in [1.807, 2.05) is 0 Å². The van der Waals surface area contributed by atoms with E-state index in [4.69, 9.17) is 5.26 Å². The minimum absolute atomic E-state index is 0.00793. The Labute approximate surface area is 127 Å². The van der Waals surface area contributed by atoms with E-state index in [0.717, 1.165) is 0 Å². The highest BCUT2D eigenvalue weighted by Crippen LogP contribution is 2.26. The second-order valence-electron chi connectivity index (χ2n) is 4.01. The van der Waals surface area contributed by atoms with Gasteiger partial charge in [0.25, 0.3) is 0 Å². The van der Waals surface area contributed by atoms with Gasteiger partial charge < -0.3 is 5.32 Å². The largest absolute Gasteiger partial charge is 0.360 e. The summed E-state index contributed by atoms with van der Waals surface area (Å²) in [6.07, 6.45) is 1.28. The van der Waals surface area contributed by atoms with Crippen molar-refractivity contribution in [3.8, 4) is 6.07 Å². The Morgan fingerprint density at radius 1 is 1.48 bits per heavy atom. The maximum atomic E-state index is 13.6. The van der Waals surface area contributed by atoms with Gasteiger partial charge in [-0.15, -0.1) is 0 Å². The van der Waals surface area contributed by atoms with Gasteiger partial charge >= 0.3 is 5.69 Å². The normalized spacial score (nSPS) is 9.95. The van der Waals surface area contributed by atoms with Gasteiger partial charge in [-0.25, -0.2) is 9.37 Å². The molecule has 0 aliphatic carbocycles. The van der Waals surface area contributed by atoms with E-state index in [9.17, 15) is 14.5 Å². The number of pyridine rings is 1. The molecule has 0 bridgehead atoms. The van der Waals surface area contributed by atoms with E-state index in [1.54, 1.807) is 18.2 Å². The van der Waals surface area contributed by atoms with Crippen LogP contribution in [0.25, 0.3) is 0 Å². The molecule has 1 heterocycles. The van der Waals surface area contributed by atoms with E-state index >= 15 is 0 Å². The first-order valence-electron chi connectivity index (χ1n) is 5.74. The number of hydrogen-bond acceptors (Lipinski definition) is 5. The summed E-state index contributed by atoms with van der Waals surface area (Å²) in [6, 6.07) is 7.38. The molecular weight excluding hydrogens is 343 g/mol. The van der Waals surface area contributed by atoms with Gasteiger partial charge in [0.1, 0.15) is 17.4 Å². The van der Waals surface area contributed by atoms with Gasteiger partial charge in [-0.1, -0.05) is 15.9 Å². The fraction of sp³-hybridized carbons (Fsp3) is 0.0769. The van der Waals surface area contributed by atoms with Crippen LogP contribution in [0.1, 0.15) is 11.1 Å². The maximum absolute atomic E-state index is 13.6. The zero-order valence-electron chi connectivity index (χ0n) is 10.5. The van der Waals surface area contributed by atoms with Crippen LogP contribution < -0.4 is 5.32 Å². The average molecular weight is 351 g/mol. The molecule has 0 aliphatic rings. The van der Waals surface area contributed by atoms with Crippen LogP contribution in [0.4, 0.5) is 15.9 Å². The van der Waals surface area contributed by atoms with Gasteiger partial charge in [0.15, 0.2) is 0 Å². The fourth-order valence-corrected chi connectivity index (χ4v) is 2.12. The van der Waals surface area contributed by atoms with Crippen LogP contribution >= 0.6 is 15.9 Å². The highest BCUT2D eigenvalue weighted by Gasteiger charge is 2.21. The Hall–Kier alpha value is -2.53. The standard InChI is InChI=1S/C13H8BrFN4O2/c14-10-1-2-11(15)9(5-10)7-18-13-12(19(20)21)8(6-16)3-4-17-13/h1-5H,7H2,(H,17,18). The predicted molar refractivity (Wildman–Crippen MR) is 77.0 cm³/mol. The number of nitrogens with one attached hydrogen (secondary N) is 1. The summed E-state index contributed by atoms with van der Waals surface area (Å²) < 4.78 is 14.3. The monoisotopic (exact) mass is 350 g/mol. The zero-order chi connectivity index (χ0) is 15.4. The summed E-state index contributed by atoms with van der Waals surface area (Å²) in [6.45, 7) is 0.00793. The van der Waals surface area contributed by atoms with Crippen molar-refractivity contribution in [3.05, 3.63) is 62.0 Å². The molecule has 0 radical (unpaired) electrons. The van der Waals surface area contributed by atoms with Crippen LogP contribution in [0.5, 0.6) is 0 Å². The molecule has 0 unspecified atom stereocenters. The Morgan fingerprint density at radius 2 is 2.24 bits per heavy atom. The molecule has 0 fully saturated rings. The second kappa shape index (κ2) is 6.28. The van der Waals surface area contributed by atoms with Crippen molar-refractivity contribution in [2.24, 2.45) is 0 Å². The summed E-state index contributed by atoms with van der Waals surface area (Å²) in [4.78, 5) is 14.2. The van der Waals surface area contributed by atoms with Crippen molar-refractivity contribution in [1.82, 2.24) is 4.98 Å². The minimum atomic E-state index is -0.689. The maximum Gasteiger partial charge on any atom is 0.328 e. The molecule has 21 heavy (non-hydrogen) atoms. The van der Waals surface area contributed by atoms with Crippen molar-refractivity contribution in [2.45, 2.75) is 6.54 Å². The van der Waals surface area contributed by atoms with Crippen LogP contribution in [0.15, 0.2) is 34.9 Å². The van der Waals surface area contributed by atoms with Gasteiger partial charge in [0.05, 0.1) is 4.92 Å². The van der Waals surface area contributed by atoms with Crippen molar-refractivity contribution in [1.29, 1.82) is 5.26 Å². The molecule has 2 rings (SSSR count). The van der Waals surface area contributed by atoms with E-state index in [2.05, 4.69) is 26.2 Å². The number of halogens is 2. The van der Waals surface area contributed by atoms with Crippen LogP contribution in [-0.2, 0) is 6.54 Å². The SMILES string of the molecule is N#Cc1ccnc(NCc2cc(Br)ccc2F)c1[N+](=O)[O-]. The number of benzene rings is 1. The van der Waals surface area contributed by atoms with Crippen molar-refractivity contribution in [3.63, 3.8) is 0 Å². The summed E-state index contributed by atoms with van der Waals surface area (Å²) in [5, 5.41) is 22.6. The summed E-state index contributed by atoms with van der Waals surface area (Å²) >= 11 is 3.22. The molecular formula is C13H8BrFN4O2. The van der Waals surface area contributed by atoms with Crippen molar-refractivity contribution >= 4 is 27.4 Å². The van der Waals surface area contributed by atoms with Crippen molar-refractivity contribution < 1.29 is 9.31 Å². The lowest BCUT2D eigenvalue weighted by atomic mass is 10.2. The molecule has 1 aromatic carbocycles. The summed E-state index contributed by atoms with van der Waals surface area (Å²) in [5.41, 5.74) is -0.203. The molecule has 1 N–H and O–H groups in total. The van der Waals surface area contributed by atoms with E-state index in [0.29, 0.717) is 10.0 Å². The molecule has 0 amide bonds. The lowest BCUT2D eigenvalue weighted by molar-refractivity contribution is -0.384. The van der Waals surface area contributed by atoms with Crippen LogP contribution in [0.2, 0.25) is 0 Å². The fourth-order valence-electron chi connectivity index (χ4n) is 1.72. The van der Waals surface area contributed by atoms with Crippen LogP contribution in [0, 0.1) is 27.3 Å². The number of anilines is 1. The number of hydrogen-bond donors (Lipinski definition) is 1. The molecule has 0 spiro atoms. The molecule has 0 saturated carbocycles. The van der Waals surface area contributed by atoms with Crippen LogP contribution in [0.3, 0.4) is 0 Å². The van der Waals surface area contributed by atoms with Gasteiger partial charge in [0.2, 0.25) is 5.82 Å². The third kappa shape index (κ3) is 3.32. The highest BCUT2D eigenvalue weighted by molar-refractivity contribution is 9.10. The number of nitro groups is 1. The second-order valence-corrected chi connectivity index (χ2v) is 4.93. The zero-order valence-corrected chi connectivity index (χ0v) is 12.1. The Morgan fingerprint density at radius 3 is 2.90 bits per heavy atom. The van der Waals surface area contributed by atoms with E-state index < -0.39 is 16.4 Å². The smallest absolute Gasteiger partial charge is 0.328 e. The molecule has 1 aromatic heterocycles. The van der Waals surface area contributed by atoms with Crippen LogP contribution in [-0.4, -0.2) is 9.91 Å². The molecule has 106 valence electrons. The van der Waals surface area contributed by atoms with Gasteiger partial charge in [-0.05, 0) is 24.3 Å². The molecule has 0 aliphatic heterocycles. The Bertz CT molecular complexity index is 745.